The Labute approximate surface area is 124 Å². The molecule has 3 nitrogen and oxygen atoms in total. The molecule has 4 heteroatoms. The first-order valence-corrected chi connectivity index (χ1v) is 7.28. The van der Waals surface area contributed by atoms with Crippen molar-refractivity contribution in [2.24, 2.45) is 0 Å². The first kappa shape index (κ1) is 14.0. The molecule has 1 radical (unpaired) electrons. The van der Waals surface area contributed by atoms with Gasteiger partial charge in [0, 0.05) is 23.2 Å². The predicted octanol–water partition coefficient (Wildman–Crippen LogP) is 3.07. The third-order valence-electron chi connectivity index (χ3n) is 3.78. The summed E-state index contributed by atoms with van der Waals surface area (Å²) in [5.74, 6) is 0.739. The Morgan fingerprint density at radius 3 is 2.95 bits per heavy atom. The van der Waals surface area contributed by atoms with E-state index in [2.05, 4.69) is 16.4 Å². The maximum absolute atomic E-state index is 13.5. The van der Waals surface area contributed by atoms with Crippen molar-refractivity contribution in [3.8, 4) is 5.88 Å². The van der Waals surface area contributed by atoms with E-state index in [4.69, 9.17) is 4.74 Å². The molecular formula is C17H18FN2O. The summed E-state index contributed by atoms with van der Waals surface area (Å²) < 4.78 is 19.1. The molecule has 21 heavy (non-hydrogen) atoms. The van der Waals surface area contributed by atoms with Gasteiger partial charge in [0.1, 0.15) is 12.4 Å². The van der Waals surface area contributed by atoms with Gasteiger partial charge in [0.15, 0.2) is 0 Å². The molecule has 1 aromatic carbocycles. The smallest absolute Gasteiger partial charge is 0.213 e. The van der Waals surface area contributed by atoms with Crippen molar-refractivity contribution >= 4 is 0 Å². The van der Waals surface area contributed by atoms with Crippen LogP contribution in [0.5, 0.6) is 5.88 Å². The maximum Gasteiger partial charge on any atom is 0.213 e. The van der Waals surface area contributed by atoms with Gasteiger partial charge in [0.2, 0.25) is 5.88 Å². The Bertz CT molecular complexity index is 597. The number of hydrogen-bond acceptors (Lipinski definition) is 3. The van der Waals surface area contributed by atoms with Gasteiger partial charge in [-0.15, -0.1) is 0 Å². The zero-order chi connectivity index (χ0) is 14.5. The van der Waals surface area contributed by atoms with Gasteiger partial charge >= 0.3 is 0 Å². The number of benzene rings is 1. The van der Waals surface area contributed by atoms with Crippen molar-refractivity contribution in [1.29, 1.82) is 0 Å². The van der Waals surface area contributed by atoms with Crippen molar-refractivity contribution in [2.45, 2.75) is 25.4 Å². The molecule has 0 amide bonds. The van der Waals surface area contributed by atoms with E-state index in [1.54, 1.807) is 12.1 Å². The average Bonchev–Trinajstić information content (AvgIpc) is 2.55. The second-order valence-electron chi connectivity index (χ2n) is 5.23. The van der Waals surface area contributed by atoms with Crippen LogP contribution in [0.2, 0.25) is 0 Å². The van der Waals surface area contributed by atoms with E-state index >= 15 is 0 Å². The first-order chi connectivity index (χ1) is 10.3. The number of ether oxygens (including phenoxy) is 1. The van der Waals surface area contributed by atoms with Crippen LogP contribution in [-0.2, 0) is 6.61 Å². The van der Waals surface area contributed by atoms with Gasteiger partial charge < -0.3 is 10.1 Å². The number of pyridine rings is 1. The number of rotatable bonds is 4. The van der Waals surface area contributed by atoms with E-state index in [1.807, 2.05) is 18.2 Å². The Morgan fingerprint density at radius 1 is 1.29 bits per heavy atom. The second-order valence-corrected chi connectivity index (χ2v) is 5.23. The number of halogens is 1. The van der Waals surface area contributed by atoms with Gasteiger partial charge in [-0.2, -0.15) is 0 Å². The van der Waals surface area contributed by atoms with E-state index in [0.29, 0.717) is 17.4 Å². The number of hydrogen-bond donors (Lipinski definition) is 1. The largest absolute Gasteiger partial charge is 0.473 e. The first-order valence-electron chi connectivity index (χ1n) is 7.28. The zero-order valence-electron chi connectivity index (χ0n) is 11.8. The number of nitrogens with zero attached hydrogens (tertiary/aromatic N) is 1. The average molecular weight is 285 g/mol. The lowest BCUT2D eigenvalue weighted by Crippen LogP contribution is -2.27. The van der Waals surface area contributed by atoms with Crippen LogP contribution in [-0.4, -0.2) is 18.1 Å². The highest BCUT2D eigenvalue weighted by Crippen LogP contribution is 2.25. The minimum absolute atomic E-state index is 0.184. The minimum atomic E-state index is -0.299. The van der Waals surface area contributed by atoms with Crippen molar-refractivity contribution in [1.82, 2.24) is 10.3 Å². The van der Waals surface area contributed by atoms with E-state index in [-0.39, 0.29) is 12.4 Å². The Balaban J connectivity index is 1.67. The summed E-state index contributed by atoms with van der Waals surface area (Å²) in [6.45, 7) is 2.25. The van der Waals surface area contributed by atoms with Crippen molar-refractivity contribution in [2.75, 3.05) is 13.1 Å². The molecule has 3 rings (SSSR count). The van der Waals surface area contributed by atoms with Crippen LogP contribution in [0.4, 0.5) is 4.39 Å². The molecule has 109 valence electrons. The van der Waals surface area contributed by atoms with Gasteiger partial charge in [-0.25, -0.2) is 9.37 Å². The standard InChI is InChI=1S/C17H18FN2O/c18-15-5-2-1-4-14(15)12-21-17-7-3-6-16(20-17)13-8-10-19-11-9-13/h1,3-7,13,19H,8-12H2. The molecule has 1 fully saturated rings. The Kier molecular flexibility index (Phi) is 4.46. The summed E-state index contributed by atoms with van der Waals surface area (Å²) in [6, 6.07) is 13.2. The summed E-state index contributed by atoms with van der Waals surface area (Å²) in [7, 11) is 0. The molecule has 0 saturated carbocycles. The molecule has 1 N–H and O–H groups in total. The zero-order valence-corrected chi connectivity index (χ0v) is 11.8. The third-order valence-corrected chi connectivity index (χ3v) is 3.78. The highest BCUT2D eigenvalue weighted by Gasteiger charge is 2.16. The van der Waals surface area contributed by atoms with Crippen molar-refractivity contribution in [3.63, 3.8) is 0 Å². The molecular weight excluding hydrogens is 267 g/mol. The molecule has 0 atom stereocenters. The molecule has 0 unspecified atom stereocenters. The molecule has 0 bridgehead atoms. The third kappa shape index (κ3) is 3.58. The van der Waals surface area contributed by atoms with Crippen molar-refractivity contribution < 1.29 is 9.13 Å². The fourth-order valence-electron chi connectivity index (χ4n) is 2.57. The summed E-state index contributed by atoms with van der Waals surface area (Å²) in [4.78, 5) is 4.56. The second kappa shape index (κ2) is 6.68. The van der Waals surface area contributed by atoms with E-state index < -0.39 is 0 Å². The highest BCUT2D eigenvalue weighted by molar-refractivity contribution is 5.21. The fourth-order valence-corrected chi connectivity index (χ4v) is 2.57. The number of aromatic nitrogens is 1. The Hall–Kier alpha value is -1.94. The summed E-state index contributed by atoms with van der Waals surface area (Å²) >= 11 is 0. The lowest BCUT2D eigenvalue weighted by atomic mass is 9.94. The topological polar surface area (TPSA) is 34.1 Å². The van der Waals surface area contributed by atoms with Crippen LogP contribution in [0.25, 0.3) is 0 Å². The lowest BCUT2D eigenvalue weighted by molar-refractivity contribution is 0.286. The van der Waals surface area contributed by atoms with Crippen LogP contribution < -0.4 is 10.1 Å². The van der Waals surface area contributed by atoms with E-state index in [0.717, 1.165) is 31.6 Å². The highest BCUT2D eigenvalue weighted by atomic mass is 19.1. The van der Waals surface area contributed by atoms with Crippen molar-refractivity contribution in [3.05, 3.63) is 59.5 Å². The number of piperidine rings is 1. The fraction of sp³-hybridized carbons (Fsp3) is 0.353. The summed E-state index contributed by atoms with van der Waals surface area (Å²) in [5, 5.41) is 3.35. The monoisotopic (exact) mass is 285 g/mol. The minimum Gasteiger partial charge on any atom is -0.473 e. The van der Waals surface area contributed by atoms with Crippen LogP contribution in [0.15, 0.2) is 36.4 Å². The quantitative estimate of drug-likeness (QED) is 0.937. The molecule has 0 aliphatic carbocycles. The Morgan fingerprint density at radius 2 is 2.14 bits per heavy atom. The summed E-state index contributed by atoms with van der Waals surface area (Å²) in [5.41, 5.74) is 1.58. The van der Waals surface area contributed by atoms with Crippen LogP contribution in [0.3, 0.4) is 0 Å². The normalized spacial score (nSPS) is 15.9. The molecule has 1 aliphatic heterocycles. The van der Waals surface area contributed by atoms with E-state index in [1.165, 1.54) is 6.07 Å². The molecule has 0 spiro atoms. The lowest BCUT2D eigenvalue weighted by Gasteiger charge is -2.22. The van der Waals surface area contributed by atoms with Gasteiger partial charge in [-0.3, -0.25) is 0 Å². The van der Waals surface area contributed by atoms with E-state index in [9.17, 15) is 4.39 Å². The maximum atomic E-state index is 13.5. The van der Waals surface area contributed by atoms with Gasteiger partial charge in [0.25, 0.3) is 0 Å². The predicted molar refractivity (Wildman–Crippen MR) is 78.6 cm³/mol. The van der Waals surface area contributed by atoms with Crippen LogP contribution in [0, 0.1) is 11.9 Å². The van der Waals surface area contributed by atoms with Gasteiger partial charge in [-0.1, -0.05) is 18.2 Å². The SMILES string of the molecule is Fc1c[c]ccc1COc1cccc(C2CCNCC2)n1. The molecule has 1 aliphatic rings. The molecule has 2 heterocycles. The molecule has 1 saturated heterocycles. The number of nitrogens with one attached hydrogen (secondary N) is 1. The van der Waals surface area contributed by atoms with Crippen LogP contribution in [0.1, 0.15) is 30.0 Å². The van der Waals surface area contributed by atoms with Gasteiger partial charge in [-0.05, 0) is 44.1 Å². The molecule has 2 aromatic rings. The van der Waals surface area contributed by atoms with Gasteiger partial charge in [0.05, 0.1) is 0 Å². The van der Waals surface area contributed by atoms with Crippen LogP contribution >= 0.6 is 0 Å². The molecule has 1 aromatic heterocycles. The summed E-state index contributed by atoms with van der Waals surface area (Å²) in [6.07, 6.45) is 2.19.